The molecule has 4 nitrogen and oxygen atoms in total. The fourth-order valence-electron chi connectivity index (χ4n) is 5.39. The van der Waals surface area contributed by atoms with Crippen LogP contribution < -0.4 is 0 Å². The highest BCUT2D eigenvalue weighted by molar-refractivity contribution is 5.80. The molecule has 0 radical (unpaired) electrons. The molecule has 4 heteroatoms. The van der Waals surface area contributed by atoms with E-state index in [4.69, 9.17) is 5.11 Å². The van der Waals surface area contributed by atoms with E-state index >= 15 is 0 Å². The number of hydrogen-bond acceptors (Lipinski definition) is 3. The first-order chi connectivity index (χ1) is 11.1. The summed E-state index contributed by atoms with van der Waals surface area (Å²) in [5.41, 5.74) is 1.67. The summed E-state index contributed by atoms with van der Waals surface area (Å²) < 4.78 is 0. The van der Waals surface area contributed by atoms with Crippen molar-refractivity contribution in [1.29, 1.82) is 0 Å². The van der Waals surface area contributed by atoms with Gasteiger partial charge in [0.2, 0.25) is 0 Å². The fraction of sp³-hybridized carbons (Fsp3) is 0.750. The van der Waals surface area contributed by atoms with Crippen molar-refractivity contribution in [3.05, 3.63) is 23.8 Å². The Morgan fingerprint density at radius 2 is 2.04 bits per heavy atom. The number of aliphatic hydroxyl groups is 2. The lowest BCUT2D eigenvalue weighted by molar-refractivity contribution is -0.152. The van der Waals surface area contributed by atoms with E-state index < -0.39 is 17.5 Å². The van der Waals surface area contributed by atoms with Crippen molar-refractivity contribution in [2.24, 2.45) is 22.7 Å². The van der Waals surface area contributed by atoms with Crippen LogP contribution in [0.25, 0.3) is 0 Å². The molecule has 2 aliphatic rings. The Hall–Kier alpha value is -1.13. The molecule has 2 fully saturated rings. The van der Waals surface area contributed by atoms with Crippen molar-refractivity contribution >= 4 is 5.97 Å². The maximum atomic E-state index is 10.8. The lowest BCUT2D eigenvalue weighted by atomic mass is 9.46. The van der Waals surface area contributed by atoms with Gasteiger partial charge in [-0.25, -0.2) is 4.79 Å². The van der Waals surface area contributed by atoms with Gasteiger partial charge < -0.3 is 15.3 Å². The first-order valence-electron chi connectivity index (χ1n) is 9.02. The second kappa shape index (κ2) is 7.01. The van der Waals surface area contributed by atoms with Gasteiger partial charge in [0.15, 0.2) is 0 Å². The molecule has 5 unspecified atom stereocenters. The summed E-state index contributed by atoms with van der Waals surface area (Å²) in [4.78, 5) is 10.8. The molecule has 0 aromatic rings. The van der Waals surface area contributed by atoms with Crippen LogP contribution in [0.3, 0.4) is 0 Å². The van der Waals surface area contributed by atoms with Gasteiger partial charge in [-0.15, -0.1) is 0 Å². The average molecular weight is 336 g/mol. The first-order valence-corrected chi connectivity index (χ1v) is 9.02. The van der Waals surface area contributed by atoms with Crippen LogP contribution in [0.4, 0.5) is 0 Å². The zero-order valence-corrected chi connectivity index (χ0v) is 15.2. The number of aliphatic carboxylic acids is 1. The summed E-state index contributed by atoms with van der Waals surface area (Å²) in [5, 5.41) is 29.4. The van der Waals surface area contributed by atoms with E-state index in [0.717, 1.165) is 37.7 Å². The summed E-state index contributed by atoms with van der Waals surface area (Å²) in [6.07, 6.45) is 5.99. The monoisotopic (exact) mass is 336 g/mol. The van der Waals surface area contributed by atoms with Gasteiger partial charge in [-0.3, -0.25) is 0 Å². The molecule has 0 amide bonds. The zero-order valence-electron chi connectivity index (χ0n) is 15.2. The molecule has 2 saturated carbocycles. The molecule has 0 aromatic heterocycles. The van der Waals surface area contributed by atoms with Crippen molar-refractivity contribution in [3.63, 3.8) is 0 Å². The predicted molar refractivity (Wildman–Crippen MR) is 94.5 cm³/mol. The van der Waals surface area contributed by atoms with Crippen LogP contribution in [0.1, 0.15) is 59.3 Å². The highest BCUT2D eigenvalue weighted by atomic mass is 16.4. The minimum Gasteiger partial charge on any atom is -0.478 e. The van der Waals surface area contributed by atoms with Crippen LogP contribution in [0.5, 0.6) is 0 Å². The molecule has 0 saturated heterocycles. The summed E-state index contributed by atoms with van der Waals surface area (Å²) in [7, 11) is 0. The van der Waals surface area contributed by atoms with Crippen molar-refractivity contribution in [3.8, 4) is 0 Å². The smallest absolute Gasteiger partial charge is 0.328 e. The molecular weight excluding hydrogens is 304 g/mol. The number of rotatable bonds is 5. The summed E-state index contributed by atoms with van der Waals surface area (Å²) in [6.45, 7) is 10.5. The predicted octanol–water partition coefficient (Wildman–Crippen LogP) is 3.54. The number of carboxylic acid groups (broad SMARTS) is 1. The van der Waals surface area contributed by atoms with E-state index in [2.05, 4.69) is 13.5 Å². The molecule has 2 rings (SSSR count). The molecule has 0 aromatic carbocycles. The Kier molecular flexibility index (Phi) is 5.61. The number of hydrogen-bond donors (Lipinski definition) is 3. The van der Waals surface area contributed by atoms with Gasteiger partial charge in [0.1, 0.15) is 0 Å². The van der Waals surface area contributed by atoms with Crippen LogP contribution >= 0.6 is 0 Å². The molecule has 2 aliphatic carbocycles. The van der Waals surface area contributed by atoms with Gasteiger partial charge in [0.25, 0.3) is 0 Å². The SMILES string of the molecule is C=C1CCC2C(C)(CO)C(O)CCC2(C)C1CCC(C)=CC(=O)O. The molecule has 5 atom stereocenters. The maximum Gasteiger partial charge on any atom is 0.328 e. The molecule has 136 valence electrons. The Bertz CT molecular complexity index is 538. The third-order valence-corrected chi connectivity index (χ3v) is 6.89. The van der Waals surface area contributed by atoms with E-state index in [1.165, 1.54) is 11.6 Å². The van der Waals surface area contributed by atoms with Crippen molar-refractivity contribution in [2.75, 3.05) is 6.61 Å². The molecular formula is C20H32O4. The third-order valence-electron chi connectivity index (χ3n) is 6.89. The fourth-order valence-corrected chi connectivity index (χ4v) is 5.39. The van der Waals surface area contributed by atoms with E-state index in [1.54, 1.807) is 0 Å². The Morgan fingerprint density at radius 1 is 1.38 bits per heavy atom. The van der Waals surface area contributed by atoms with Gasteiger partial charge in [-0.05, 0) is 62.7 Å². The highest BCUT2D eigenvalue weighted by Crippen LogP contribution is 2.61. The van der Waals surface area contributed by atoms with Crippen LogP contribution in [-0.2, 0) is 4.79 Å². The minimum absolute atomic E-state index is 0.00552. The molecule has 3 N–H and O–H groups in total. The third kappa shape index (κ3) is 3.31. The number of allylic oxidation sites excluding steroid dienone is 2. The van der Waals surface area contributed by atoms with Gasteiger partial charge in [0, 0.05) is 11.5 Å². The lowest BCUT2D eigenvalue weighted by Crippen LogP contribution is -2.57. The standard InChI is InChI=1S/C20H32O4/c1-13(11-18(23)24)5-7-15-14(2)6-8-16-19(15,3)10-9-17(22)20(16,4)12-21/h11,15-17,21-22H,2,5-10,12H2,1,3-4H3,(H,23,24). The van der Waals surface area contributed by atoms with Crippen molar-refractivity contribution in [1.82, 2.24) is 0 Å². The molecule has 0 bridgehead atoms. The van der Waals surface area contributed by atoms with Gasteiger partial charge in [-0.2, -0.15) is 0 Å². The van der Waals surface area contributed by atoms with Crippen LogP contribution in [-0.4, -0.2) is 34.0 Å². The van der Waals surface area contributed by atoms with E-state index in [-0.39, 0.29) is 17.9 Å². The molecule has 0 spiro atoms. The lowest BCUT2D eigenvalue weighted by Gasteiger charge is -2.60. The van der Waals surface area contributed by atoms with Crippen molar-refractivity contribution in [2.45, 2.75) is 65.4 Å². The highest BCUT2D eigenvalue weighted by Gasteiger charge is 2.57. The Morgan fingerprint density at radius 3 is 2.62 bits per heavy atom. The Labute approximate surface area is 145 Å². The zero-order chi connectivity index (χ0) is 18.1. The minimum atomic E-state index is -0.896. The van der Waals surface area contributed by atoms with Crippen LogP contribution in [0.15, 0.2) is 23.8 Å². The second-order valence-corrected chi connectivity index (χ2v) is 8.39. The summed E-state index contributed by atoms with van der Waals surface area (Å²) >= 11 is 0. The molecule has 0 aliphatic heterocycles. The van der Waals surface area contributed by atoms with Crippen molar-refractivity contribution < 1.29 is 20.1 Å². The molecule has 0 heterocycles. The number of carbonyl (C=O) groups is 1. The molecule has 24 heavy (non-hydrogen) atoms. The normalized spacial score (nSPS) is 40.3. The van der Waals surface area contributed by atoms with Crippen LogP contribution in [0, 0.1) is 22.7 Å². The number of carboxylic acids is 1. The van der Waals surface area contributed by atoms with Gasteiger partial charge >= 0.3 is 5.97 Å². The van der Waals surface area contributed by atoms with Gasteiger partial charge in [0.05, 0.1) is 12.7 Å². The number of fused-ring (bicyclic) bond motifs is 1. The van der Waals surface area contributed by atoms with E-state index in [9.17, 15) is 15.0 Å². The number of aliphatic hydroxyl groups excluding tert-OH is 2. The quantitative estimate of drug-likeness (QED) is 0.530. The maximum absolute atomic E-state index is 10.8. The van der Waals surface area contributed by atoms with Crippen LogP contribution in [0.2, 0.25) is 0 Å². The average Bonchev–Trinajstić information content (AvgIpc) is 2.50. The summed E-state index contributed by atoms with van der Waals surface area (Å²) in [5.74, 6) is -0.322. The van der Waals surface area contributed by atoms with E-state index in [1.807, 2.05) is 13.8 Å². The summed E-state index contributed by atoms with van der Waals surface area (Å²) in [6, 6.07) is 0. The Balaban J connectivity index is 2.24. The second-order valence-electron chi connectivity index (χ2n) is 8.39. The van der Waals surface area contributed by atoms with Gasteiger partial charge in [-0.1, -0.05) is 31.6 Å². The first kappa shape index (κ1) is 19.2. The topological polar surface area (TPSA) is 77.8 Å². The largest absolute Gasteiger partial charge is 0.478 e. The van der Waals surface area contributed by atoms with E-state index in [0.29, 0.717) is 12.3 Å².